The molecular formula is C24H27NO4S. The van der Waals surface area contributed by atoms with Gasteiger partial charge in [-0.15, -0.1) is 6.58 Å². The van der Waals surface area contributed by atoms with Gasteiger partial charge in [-0.2, -0.15) is 11.8 Å². The van der Waals surface area contributed by atoms with Gasteiger partial charge in [-0.3, -0.25) is 0 Å². The molecule has 3 rings (SSSR count). The molecule has 0 aromatic heterocycles. The summed E-state index contributed by atoms with van der Waals surface area (Å²) in [4.78, 5) is 23.8. The molecule has 5 nitrogen and oxygen atoms in total. The fourth-order valence-corrected chi connectivity index (χ4v) is 4.69. The molecule has 6 heteroatoms. The highest BCUT2D eigenvalue weighted by Crippen LogP contribution is 2.44. The average molecular weight is 426 g/mol. The van der Waals surface area contributed by atoms with Gasteiger partial charge in [0, 0.05) is 5.92 Å². The first kappa shape index (κ1) is 22.0. The Morgan fingerprint density at radius 3 is 2.27 bits per heavy atom. The number of alkyl carbamates (subject to hydrolysis) is 1. The van der Waals surface area contributed by atoms with E-state index in [-0.39, 0.29) is 12.5 Å². The molecule has 1 amide bonds. The van der Waals surface area contributed by atoms with Gasteiger partial charge in [0.2, 0.25) is 0 Å². The summed E-state index contributed by atoms with van der Waals surface area (Å²) in [5.74, 6) is 0.439. The molecule has 2 N–H and O–H groups in total. The van der Waals surface area contributed by atoms with Crippen LogP contribution in [0.5, 0.6) is 0 Å². The van der Waals surface area contributed by atoms with Gasteiger partial charge in [0.25, 0.3) is 0 Å². The standard InChI is InChI=1S/C24H27NO4S/c1-16(2)11-13-30-14-12-22(23(26)27)25-24(28)29-15-21-19-9-5-3-7-17(19)18-8-4-6-10-20(18)21/h3-10,21-22H,1,11-15H2,2H3,(H,25,28)(H,26,27). The van der Waals surface area contributed by atoms with E-state index in [0.717, 1.165) is 40.0 Å². The maximum atomic E-state index is 12.3. The van der Waals surface area contributed by atoms with Crippen molar-refractivity contribution in [2.75, 3.05) is 18.1 Å². The van der Waals surface area contributed by atoms with E-state index in [1.165, 1.54) is 0 Å². The second-order valence-electron chi connectivity index (χ2n) is 7.47. The Morgan fingerprint density at radius 1 is 1.10 bits per heavy atom. The van der Waals surface area contributed by atoms with Gasteiger partial charge in [0.1, 0.15) is 12.6 Å². The van der Waals surface area contributed by atoms with Crippen LogP contribution in [0.3, 0.4) is 0 Å². The Kier molecular flexibility index (Phi) is 7.57. The van der Waals surface area contributed by atoms with E-state index in [9.17, 15) is 14.7 Å². The number of ether oxygens (including phenoxy) is 1. The minimum atomic E-state index is -1.05. The molecule has 158 valence electrons. The van der Waals surface area contributed by atoms with Crippen LogP contribution in [0.2, 0.25) is 0 Å². The van der Waals surface area contributed by atoms with Gasteiger partial charge >= 0.3 is 12.1 Å². The number of aliphatic carboxylic acids is 1. The van der Waals surface area contributed by atoms with Gasteiger partial charge in [-0.1, -0.05) is 54.1 Å². The molecule has 0 aliphatic heterocycles. The summed E-state index contributed by atoms with van der Waals surface area (Å²) < 4.78 is 5.45. The van der Waals surface area contributed by atoms with Crippen molar-refractivity contribution in [3.8, 4) is 11.1 Å². The summed E-state index contributed by atoms with van der Waals surface area (Å²) in [6.07, 6.45) is 0.555. The smallest absolute Gasteiger partial charge is 0.407 e. The van der Waals surface area contributed by atoms with Gasteiger partial charge in [0.05, 0.1) is 0 Å². The number of amides is 1. The number of carboxylic acids is 1. The molecule has 1 atom stereocenters. The number of thioether (sulfide) groups is 1. The number of hydrogen-bond donors (Lipinski definition) is 2. The molecular weight excluding hydrogens is 398 g/mol. The van der Waals surface area contributed by atoms with Crippen molar-refractivity contribution >= 4 is 23.8 Å². The molecule has 0 spiro atoms. The van der Waals surface area contributed by atoms with E-state index in [4.69, 9.17) is 4.74 Å². The minimum absolute atomic E-state index is 0.0517. The third-order valence-electron chi connectivity index (χ3n) is 5.16. The van der Waals surface area contributed by atoms with E-state index < -0.39 is 18.1 Å². The zero-order valence-electron chi connectivity index (χ0n) is 17.1. The summed E-state index contributed by atoms with van der Waals surface area (Å²) in [6.45, 7) is 5.99. The maximum Gasteiger partial charge on any atom is 0.407 e. The third kappa shape index (κ3) is 5.45. The van der Waals surface area contributed by atoms with Crippen molar-refractivity contribution in [1.29, 1.82) is 0 Å². The van der Waals surface area contributed by atoms with Gasteiger partial charge in [-0.25, -0.2) is 9.59 Å². The first-order chi connectivity index (χ1) is 14.5. The maximum absolute atomic E-state index is 12.3. The number of rotatable bonds is 10. The fourth-order valence-electron chi connectivity index (χ4n) is 3.59. The lowest BCUT2D eigenvalue weighted by molar-refractivity contribution is -0.139. The van der Waals surface area contributed by atoms with Gasteiger partial charge < -0.3 is 15.2 Å². The van der Waals surface area contributed by atoms with E-state index in [1.54, 1.807) is 11.8 Å². The van der Waals surface area contributed by atoms with Crippen molar-refractivity contribution in [2.24, 2.45) is 0 Å². The Morgan fingerprint density at radius 2 is 1.70 bits per heavy atom. The summed E-state index contributed by atoms with van der Waals surface area (Å²) >= 11 is 1.66. The van der Waals surface area contributed by atoms with Crippen LogP contribution >= 0.6 is 11.8 Å². The molecule has 30 heavy (non-hydrogen) atoms. The SMILES string of the molecule is C=C(C)CCSCCC(NC(=O)OCC1c2ccccc2-c2ccccc21)C(=O)O. The van der Waals surface area contributed by atoms with Crippen molar-refractivity contribution < 1.29 is 19.4 Å². The topological polar surface area (TPSA) is 75.6 Å². The third-order valence-corrected chi connectivity index (χ3v) is 6.18. The van der Waals surface area contributed by atoms with Crippen LogP contribution < -0.4 is 5.32 Å². The lowest BCUT2D eigenvalue weighted by Crippen LogP contribution is -2.41. The van der Waals surface area contributed by atoms with E-state index >= 15 is 0 Å². The van der Waals surface area contributed by atoms with Crippen LogP contribution in [-0.4, -0.2) is 41.3 Å². The van der Waals surface area contributed by atoms with Gasteiger partial charge in [0.15, 0.2) is 0 Å². The molecule has 2 aromatic rings. The summed E-state index contributed by atoms with van der Waals surface area (Å²) in [5, 5.41) is 11.9. The molecule has 1 aliphatic rings. The van der Waals surface area contributed by atoms with Crippen LogP contribution in [0.15, 0.2) is 60.7 Å². The van der Waals surface area contributed by atoms with Crippen molar-refractivity contribution in [1.82, 2.24) is 5.32 Å². The Labute approximate surface area is 181 Å². The number of carbonyl (C=O) groups excluding carboxylic acids is 1. The lowest BCUT2D eigenvalue weighted by atomic mass is 9.98. The van der Waals surface area contributed by atoms with Crippen LogP contribution in [-0.2, 0) is 9.53 Å². The van der Waals surface area contributed by atoms with Crippen molar-refractivity contribution in [3.63, 3.8) is 0 Å². The largest absolute Gasteiger partial charge is 0.480 e. The van der Waals surface area contributed by atoms with Crippen LogP contribution in [0.25, 0.3) is 11.1 Å². The first-order valence-corrected chi connectivity index (χ1v) is 11.2. The number of benzene rings is 2. The molecule has 1 unspecified atom stereocenters. The van der Waals surface area contributed by atoms with Crippen LogP contribution in [0, 0.1) is 0 Å². The number of hydrogen-bond acceptors (Lipinski definition) is 4. The monoisotopic (exact) mass is 425 g/mol. The second kappa shape index (κ2) is 10.3. The highest BCUT2D eigenvalue weighted by atomic mass is 32.2. The molecule has 0 heterocycles. The predicted molar refractivity (Wildman–Crippen MR) is 121 cm³/mol. The summed E-state index contributed by atoms with van der Waals surface area (Å²) in [6, 6.07) is 15.2. The van der Waals surface area contributed by atoms with Crippen LogP contribution in [0.1, 0.15) is 36.8 Å². The number of allylic oxidation sites excluding steroid dienone is 1. The van der Waals surface area contributed by atoms with E-state index in [0.29, 0.717) is 12.2 Å². The van der Waals surface area contributed by atoms with E-state index in [2.05, 4.69) is 24.0 Å². The number of nitrogens with one attached hydrogen (secondary N) is 1. The molecule has 0 radical (unpaired) electrons. The minimum Gasteiger partial charge on any atom is -0.480 e. The molecule has 0 bridgehead atoms. The Balaban J connectivity index is 1.54. The Bertz CT molecular complexity index is 881. The lowest BCUT2D eigenvalue weighted by Gasteiger charge is -2.17. The molecule has 0 fully saturated rings. The quantitative estimate of drug-likeness (QED) is 0.411. The molecule has 0 saturated carbocycles. The molecule has 2 aromatic carbocycles. The zero-order chi connectivity index (χ0) is 21.5. The molecule has 0 saturated heterocycles. The van der Waals surface area contributed by atoms with Gasteiger partial charge in [-0.05, 0) is 53.5 Å². The highest BCUT2D eigenvalue weighted by molar-refractivity contribution is 7.99. The predicted octanol–water partition coefficient (Wildman–Crippen LogP) is 5.07. The Hall–Kier alpha value is -2.73. The first-order valence-electron chi connectivity index (χ1n) is 10.0. The fraction of sp³-hybridized carbons (Fsp3) is 0.333. The van der Waals surface area contributed by atoms with E-state index in [1.807, 2.05) is 43.3 Å². The van der Waals surface area contributed by atoms with Crippen molar-refractivity contribution in [2.45, 2.75) is 31.7 Å². The number of carbonyl (C=O) groups is 2. The normalized spacial score (nSPS) is 13.2. The van der Waals surface area contributed by atoms with Crippen LogP contribution in [0.4, 0.5) is 4.79 Å². The molecule has 1 aliphatic carbocycles. The number of carboxylic acid groups (broad SMARTS) is 1. The average Bonchev–Trinajstić information content (AvgIpc) is 3.04. The summed E-state index contributed by atoms with van der Waals surface area (Å²) in [5.41, 5.74) is 5.65. The second-order valence-corrected chi connectivity index (χ2v) is 8.69. The zero-order valence-corrected chi connectivity index (χ0v) is 17.9. The number of fused-ring (bicyclic) bond motifs is 3. The van der Waals surface area contributed by atoms with Crippen molar-refractivity contribution in [3.05, 3.63) is 71.8 Å². The summed E-state index contributed by atoms with van der Waals surface area (Å²) in [7, 11) is 0. The highest BCUT2D eigenvalue weighted by Gasteiger charge is 2.29.